The first-order chi connectivity index (χ1) is 6.70. The standard InChI is InChI=1S/C9H11N3O2/c1-3-12(5-4-10)9(13)8-7(2)11-6-14-8/h6H,3,5H2,1-2H3. The number of nitrogens with zero attached hydrogens (tertiary/aromatic N) is 3. The van der Waals surface area contributed by atoms with Crippen LogP contribution in [0, 0.1) is 18.3 Å². The van der Waals surface area contributed by atoms with Crippen LogP contribution in [0.5, 0.6) is 0 Å². The molecule has 0 saturated heterocycles. The quantitative estimate of drug-likeness (QED) is 0.670. The van der Waals surface area contributed by atoms with Crippen LogP contribution in [0.2, 0.25) is 0 Å². The van der Waals surface area contributed by atoms with Gasteiger partial charge in [-0.25, -0.2) is 4.98 Å². The summed E-state index contributed by atoms with van der Waals surface area (Å²) >= 11 is 0. The van der Waals surface area contributed by atoms with E-state index in [-0.39, 0.29) is 18.2 Å². The topological polar surface area (TPSA) is 70.1 Å². The van der Waals surface area contributed by atoms with Gasteiger partial charge >= 0.3 is 0 Å². The second kappa shape index (κ2) is 4.42. The second-order valence-electron chi connectivity index (χ2n) is 2.74. The summed E-state index contributed by atoms with van der Waals surface area (Å²) in [4.78, 5) is 16.9. The average Bonchev–Trinajstić information content (AvgIpc) is 2.59. The molecule has 0 unspecified atom stereocenters. The minimum absolute atomic E-state index is 0.0650. The lowest BCUT2D eigenvalue weighted by Crippen LogP contribution is -2.31. The molecule has 5 heteroatoms. The molecule has 0 bridgehead atoms. The van der Waals surface area contributed by atoms with Gasteiger partial charge in [0.1, 0.15) is 6.54 Å². The third-order valence-electron chi connectivity index (χ3n) is 1.87. The zero-order valence-corrected chi connectivity index (χ0v) is 8.15. The zero-order chi connectivity index (χ0) is 10.6. The Hall–Kier alpha value is -1.83. The summed E-state index contributed by atoms with van der Waals surface area (Å²) in [6, 6.07) is 1.92. The van der Waals surface area contributed by atoms with Crippen LogP contribution in [-0.4, -0.2) is 28.9 Å². The van der Waals surface area contributed by atoms with Gasteiger partial charge in [-0.05, 0) is 13.8 Å². The average molecular weight is 193 g/mol. The van der Waals surface area contributed by atoms with Crippen molar-refractivity contribution in [1.29, 1.82) is 5.26 Å². The molecule has 5 nitrogen and oxygen atoms in total. The van der Waals surface area contributed by atoms with Gasteiger partial charge in [0.2, 0.25) is 5.76 Å². The lowest BCUT2D eigenvalue weighted by atomic mass is 10.3. The second-order valence-corrected chi connectivity index (χ2v) is 2.74. The van der Waals surface area contributed by atoms with Gasteiger partial charge in [-0.1, -0.05) is 0 Å². The van der Waals surface area contributed by atoms with Crippen molar-refractivity contribution in [2.24, 2.45) is 0 Å². The van der Waals surface area contributed by atoms with E-state index in [1.54, 1.807) is 13.8 Å². The summed E-state index contributed by atoms with van der Waals surface area (Å²) in [5.41, 5.74) is 0.548. The molecule has 1 amide bonds. The van der Waals surface area contributed by atoms with Gasteiger partial charge < -0.3 is 9.32 Å². The van der Waals surface area contributed by atoms with Crippen molar-refractivity contribution in [2.45, 2.75) is 13.8 Å². The van der Waals surface area contributed by atoms with Crippen molar-refractivity contribution in [3.05, 3.63) is 17.8 Å². The molecule has 0 radical (unpaired) electrons. The number of carbonyl (C=O) groups excluding carboxylic acids is 1. The molecular formula is C9H11N3O2. The Labute approximate surface area is 81.9 Å². The normalized spacial score (nSPS) is 9.50. The van der Waals surface area contributed by atoms with E-state index in [1.165, 1.54) is 11.3 Å². The molecule has 0 aliphatic heterocycles. The minimum Gasteiger partial charge on any atom is -0.438 e. The maximum absolute atomic E-state index is 11.7. The van der Waals surface area contributed by atoms with Crippen LogP contribution in [0.15, 0.2) is 10.8 Å². The van der Waals surface area contributed by atoms with E-state index < -0.39 is 0 Å². The van der Waals surface area contributed by atoms with Gasteiger partial charge in [-0.2, -0.15) is 5.26 Å². The first-order valence-electron chi connectivity index (χ1n) is 4.27. The predicted octanol–water partition coefficient (Wildman–Crippen LogP) is 0.969. The lowest BCUT2D eigenvalue weighted by Gasteiger charge is -2.15. The molecule has 0 saturated carbocycles. The first-order valence-corrected chi connectivity index (χ1v) is 4.27. The van der Waals surface area contributed by atoms with Crippen LogP contribution in [0.1, 0.15) is 23.2 Å². The number of aromatic nitrogens is 1. The van der Waals surface area contributed by atoms with Gasteiger partial charge in [0.15, 0.2) is 6.39 Å². The van der Waals surface area contributed by atoms with Crippen LogP contribution in [-0.2, 0) is 0 Å². The van der Waals surface area contributed by atoms with Crippen molar-refractivity contribution in [2.75, 3.05) is 13.1 Å². The van der Waals surface area contributed by atoms with Crippen LogP contribution in [0.25, 0.3) is 0 Å². The van der Waals surface area contributed by atoms with Gasteiger partial charge in [-0.15, -0.1) is 0 Å². The number of hydrogen-bond donors (Lipinski definition) is 0. The Morgan fingerprint density at radius 3 is 2.93 bits per heavy atom. The maximum Gasteiger partial charge on any atom is 0.292 e. The highest BCUT2D eigenvalue weighted by atomic mass is 16.3. The van der Waals surface area contributed by atoms with E-state index in [1.807, 2.05) is 6.07 Å². The predicted molar refractivity (Wildman–Crippen MR) is 48.4 cm³/mol. The van der Waals surface area contributed by atoms with E-state index in [9.17, 15) is 4.79 Å². The van der Waals surface area contributed by atoms with Gasteiger partial charge in [0.25, 0.3) is 5.91 Å². The largest absolute Gasteiger partial charge is 0.438 e. The molecule has 0 aliphatic carbocycles. The smallest absolute Gasteiger partial charge is 0.292 e. The molecule has 1 heterocycles. The summed E-state index contributed by atoms with van der Waals surface area (Å²) in [7, 11) is 0. The lowest BCUT2D eigenvalue weighted by molar-refractivity contribution is 0.0751. The number of rotatable bonds is 3. The Morgan fingerprint density at radius 2 is 2.50 bits per heavy atom. The molecule has 0 aromatic carbocycles. The number of nitriles is 1. The molecule has 0 aliphatic rings. The molecule has 0 fully saturated rings. The van der Waals surface area contributed by atoms with Crippen LogP contribution in [0.4, 0.5) is 0 Å². The summed E-state index contributed by atoms with van der Waals surface area (Å²) < 4.78 is 4.94. The van der Waals surface area contributed by atoms with Crippen LogP contribution >= 0.6 is 0 Å². The highest BCUT2D eigenvalue weighted by Crippen LogP contribution is 2.08. The van der Waals surface area contributed by atoms with Crippen molar-refractivity contribution in [3.8, 4) is 6.07 Å². The first kappa shape index (κ1) is 10.3. The molecule has 14 heavy (non-hydrogen) atoms. The Bertz CT molecular complexity index is 364. The molecule has 74 valence electrons. The molecule has 1 aromatic rings. The monoisotopic (exact) mass is 193 g/mol. The number of oxazole rings is 1. The van der Waals surface area contributed by atoms with Crippen molar-refractivity contribution in [1.82, 2.24) is 9.88 Å². The van der Waals surface area contributed by atoms with Crippen molar-refractivity contribution >= 4 is 5.91 Å². The summed E-state index contributed by atoms with van der Waals surface area (Å²) in [6.07, 6.45) is 1.22. The van der Waals surface area contributed by atoms with Crippen molar-refractivity contribution < 1.29 is 9.21 Å². The number of carbonyl (C=O) groups is 1. The molecule has 1 rings (SSSR count). The Kier molecular flexibility index (Phi) is 3.24. The third kappa shape index (κ3) is 1.91. The molecule has 0 spiro atoms. The van der Waals surface area contributed by atoms with E-state index in [0.29, 0.717) is 12.2 Å². The molecule has 0 atom stereocenters. The molecular weight excluding hydrogens is 182 g/mol. The summed E-state index contributed by atoms with van der Waals surface area (Å²) in [5, 5.41) is 8.49. The molecule has 0 N–H and O–H groups in total. The number of aryl methyl sites for hydroxylation is 1. The summed E-state index contributed by atoms with van der Waals surface area (Å²) in [5.74, 6) is -0.0776. The minimum atomic E-state index is -0.288. The Balaban J connectivity index is 2.84. The Morgan fingerprint density at radius 1 is 1.79 bits per heavy atom. The number of amides is 1. The maximum atomic E-state index is 11.7. The van der Waals surface area contributed by atoms with Gasteiger partial charge in [0, 0.05) is 6.54 Å². The van der Waals surface area contributed by atoms with E-state index in [2.05, 4.69) is 4.98 Å². The van der Waals surface area contributed by atoms with Gasteiger partial charge in [-0.3, -0.25) is 4.79 Å². The highest BCUT2D eigenvalue weighted by Gasteiger charge is 2.19. The van der Waals surface area contributed by atoms with Crippen LogP contribution < -0.4 is 0 Å². The fourth-order valence-electron chi connectivity index (χ4n) is 1.06. The van der Waals surface area contributed by atoms with E-state index >= 15 is 0 Å². The van der Waals surface area contributed by atoms with E-state index in [4.69, 9.17) is 9.68 Å². The van der Waals surface area contributed by atoms with Gasteiger partial charge in [0.05, 0.1) is 11.8 Å². The van der Waals surface area contributed by atoms with E-state index in [0.717, 1.165) is 0 Å². The molecule has 1 aromatic heterocycles. The highest BCUT2D eigenvalue weighted by molar-refractivity contribution is 5.92. The third-order valence-corrected chi connectivity index (χ3v) is 1.87. The van der Waals surface area contributed by atoms with Crippen LogP contribution in [0.3, 0.4) is 0 Å². The zero-order valence-electron chi connectivity index (χ0n) is 8.15. The fourth-order valence-corrected chi connectivity index (χ4v) is 1.06. The fraction of sp³-hybridized carbons (Fsp3) is 0.444. The van der Waals surface area contributed by atoms with Crippen molar-refractivity contribution in [3.63, 3.8) is 0 Å². The SMILES string of the molecule is CCN(CC#N)C(=O)c1ocnc1C. The summed E-state index contributed by atoms with van der Waals surface area (Å²) in [6.45, 7) is 4.04. The number of hydrogen-bond acceptors (Lipinski definition) is 4.